The second-order valence-corrected chi connectivity index (χ2v) is 3.74. The van der Waals surface area contributed by atoms with Crippen LogP contribution >= 0.6 is 0 Å². The minimum atomic E-state index is 0.715. The molecule has 0 unspecified atom stereocenters. The molecular weight excluding hydrogens is 218 g/mol. The number of hydrogen-bond donors (Lipinski definition) is 2. The van der Waals surface area contributed by atoms with Crippen molar-refractivity contribution in [1.82, 2.24) is 24.8 Å². The van der Waals surface area contributed by atoms with Gasteiger partial charge in [-0.15, -0.1) is 0 Å². The molecule has 0 spiro atoms. The second-order valence-electron chi connectivity index (χ2n) is 3.74. The third-order valence-corrected chi connectivity index (χ3v) is 2.36. The summed E-state index contributed by atoms with van der Waals surface area (Å²) in [6, 6.07) is 0. The van der Waals surface area contributed by atoms with Gasteiger partial charge >= 0.3 is 0 Å². The minimum absolute atomic E-state index is 0.715. The van der Waals surface area contributed by atoms with E-state index < -0.39 is 0 Å². The number of nitrogens with one attached hydrogen (secondary N) is 2. The number of methoxy groups -OCH3 is 1. The van der Waals surface area contributed by atoms with Crippen molar-refractivity contribution in [3.8, 4) is 0 Å². The van der Waals surface area contributed by atoms with Crippen LogP contribution in [0.2, 0.25) is 0 Å². The summed E-state index contributed by atoms with van der Waals surface area (Å²) in [6.45, 7) is 3.03. The second kappa shape index (κ2) is 6.17. The molecule has 2 aromatic heterocycles. The molecule has 0 saturated carbocycles. The van der Waals surface area contributed by atoms with Crippen LogP contribution in [0.15, 0.2) is 24.9 Å². The van der Waals surface area contributed by atoms with E-state index >= 15 is 0 Å². The zero-order valence-corrected chi connectivity index (χ0v) is 9.89. The highest BCUT2D eigenvalue weighted by molar-refractivity contribution is 4.99. The lowest BCUT2D eigenvalue weighted by molar-refractivity contribution is 0.199. The van der Waals surface area contributed by atoms with Gasteiger partial charge in [0.2, 0.25) is 0 Å². The van der Waals surface area contributed by atoms with E-state index in [0.717, 1.165) is 31.2 Å². The smallest absolute Gasteiger partial charge is 0.126 e. The monoisotopic (exact) mass is 235 g/mol. The van der Waals surface area contributed by atoms with E-state index in [0.29, 0.717) is 6.61 Å². The van der Waals surface area contributed by atoms with Crippen LogP contribution in [0.25, 0.3) is 0 Å². The maximum absolute atomic E-state index is 4.95. The van der Waals surface area contributed by atoms with Gasteiger partial charge in [0.15, 0.2) is 0 Å². The number of ether oxygens (including phenoxy) is 1. The summed E-state index contributed by atoms with van der Waals surface area (Å²) in [5.74, 6) is 0.932. The van der Waals surface area contributed by atoms with Crippen LogP contribution in [0, 0.1) is 0 Å². The normalized spacial score (nSPS) is 10.9. The van der Waals surface area contributed by atoms with Gasteiger partial charge in [0, 0.05) is 38.8 Å². The Morgan fingerprint density at radius 1 is 1.47 bits per heavy atom. The first-order chi connectivity index (χ1) is 8.38. The Balaban J connectivity index is 1.79. The first kappa shape index (κ1) is 11.8. The average Bonchev–Trinajstić information content (AvgIpc) is 2.97. The Hall–Kier alpha value is -1.66. The number of H-pyrrole nitrogens is 1. The average molecular weight is 235 g/mol. The van der Waals surface area contributed by atoms with Crippen molar-refractivity contribution in [2.45, 2.75) is 13.1 Å². The molecule has 0 aliphatic heterocycles. The Morgan fingerprint density at radius 3 is 3.18 bits per heavy atom. The minimum Gasteiger partial charge on any atom is -0.383 e. The summed E-state index contributed by atoms with van der Waals surface area (Å²) in [4.78, 5) is 11.5. The highest BCUT2D eigenvalue weighted by atomic mass is 16.5. The van der Waals surface area contributed by atoms with Gasteiger partial charge in [-0.25, -0.2) is 9.97 Å². The van der Waals surface area contributed by atoms with Crippen molar-refractivity contribution < 1.29 is 4.74 Å². The first-order valence-corrected chi connectivity index (χ1v) is 5.57. The number of rotatable bonds is 7. The van der Waals surface area contributed by atoms with E-state index in [1.165, 1.54) is 0 Å². The summed E-state index contributed by atoms with van der Waals surface area (Å²) < 4.78 is 6.96. The highest BCUT2D eigenvalue weighted by Gasteiger charge is 2.00. The summed E-state index contributed by atoms with van der Waals surface area (Å²) in [7, 11) is 1.69. The summed E-state index contributed by atoms with van der Waals surface area (Å²) in [6.07, 6.45) is 7.40. The fourth-order valence-corrected chi connectivity index (χ4v) is 1.53. The van der Waals surface area contributed by atoms with Crippen molar-refractivity contribution in [3.05, 3.63) is 36.4 Å². The molecular formula is C11H17N5O. The van der Waals surface area contributed by atoms with Crippen LogP contribution < -0.4 is 5.32 Å². The highest BCUT2D eigenvalue weighted by Crippen LogP contribution is 1.99. The van der Waals surface area contributed by atoms with Gasteiger partial charge in [0.25, 0.3) is 0 Å². The molecule has 0 aliphatic carbocycles. The van der Waals surface area contributed by atoms with Crippen LogP contribution in [-0.2, 0) is 17.8 Å². The Kier molecular flexibility index (Phi) is 4.29. The SMILES string of the molecule is COCCNCc1cn(Cc2ncc[nH]2)cn1. The van der Waals surface area contributed by atoms with Gasteiger partial charge in [-0.1, -0.05) is 0 Å². The van der Waals surface area contributed by atoms with E-state index in [1.807, 2.05) is 23.3 Å². The number of nitrogens with zero attached hydrogens (tertiary/aromatic N) is 3. The molecule has 17 heavy (non-hydrogen) atoms. The molecule has 0 bridgehead atoms. The third-order valence-electron chi connectivity index (χ3n) is 2.36. The topological polar surface area (TPSA) is 67.8 Å². The number of aromatic nitrogens is 4. The molecule has 2 heterocycles. The molecule has 0 aliphatic rings. The molecule has 2 rings (SSSR count). The molecule has 0 amide bonds. The lowest BCUT2D eigenvalue weighted by atomic mass is 10.4. The Labute approximate surface area is 100 Å². The van der Waals surface area contributed by atoms with Crippen LogP contribution in [0.4, 0.5) is 0 Å². The van der Waals surface area contributed by atoms with E-state index in [4.69, 9.17) is 4.74 Å². The first-order valence-electron chi connectivity index (χ1n) is 5.57. The molecule has 92 valence electrons. The van der Waals surface area contributed by atoms with Crippen LogP contribution in [0.1, 0.15) is 11.5 Å². The molecule has 0 saturated heterocycles. The van der Waals surface area contributed by atoms with E-state index in [9.17, 15) is 0 Å². The van der Waals surface area contributed by atoms with Gasteiger partial charge in [0.05, 0.1) is 25.2 Å². The molecule has 0 atom stereocenters. The summed E-state index contributed by atoms with van der Waals surface area (Å²) in [5, 5.41) is 3.25. The summed E-state index contributed by atoms with van der Waals surface area (Å²) >= 11 is 0. The largest absolute Gasteiger partial charge is 0.383 e. The van der Waals surface area contributed by atoms with Gasteiger partial charge in [0.1, 0.15) is 5.82 Å². The zero-order chi connectivity index (χ0) is 11.9. The third kappa shape index (κ3) is 3.69. The van der Waals surface area contributed by atoms with Gasteiger partial charge < -0.3 is 19.6 Å². The predicted molar refractivity (Wildman–Crippen MR) is 63.5 cm³/mol. The number of aromatic amines is 1. The van der Waals surface area contributed by atoms with E-state index in [-0.39, 0.29) is 0 Å². The molecule has 2 aromatic rings. The zero-order valence-electron chi connectivity index (χ0n) is 9.89. The van der Waals surface area contributed by atoms with E-state index in [2.05, 4.69) is 20.3 Å². The Morgan fingerprint density at radius 2 is 2.41 bits per heavy atom. The molecule has 6 nitrogen and oxygen atoms in total. The molecule has 6 heteroatoms. The van der Waals surface area contributed by atoms with Crippen molar-refractivity contribution in [2.24, 2.45) is 0 Å². The molecule has 2 N–H and O–H groups in total. The maximum atomic E-state index is 4.95. The lowest BCUT2D eigenvalue weighted by Gasteiger charge is -2.00. The van der Waals surface area contributed by atoms with Crippen LogP contribution in [0.3, 0.4) is 0 Å². The van der Waals surface area contributed by atoms with Gasteiger partial charge in [-0.05, 0) is 0 Å². The van der Waals surface area contributed by atoms with Crippen molar-refractivity contribution >= 4 is 0 Å². The fourth-order valence-electron chi connectivity index (χ4n) is 1.53. The molecule has 0 fully saturated rings. The van der Waals surface area contributed by atoms with Crippen molar-refractivity contribution in [3.63, 3.8) is 0 Å². The molecule has 0 radical (unpaired) electrons. The standard InChI is InChI=1S/C11H17N5O/c1-17-5-4-12-6-10-7-16(9-15-10)8-11-13-2-3-14-11/h2-3,7,9,12H,4-6,8H2,1H3,(H,13,14). The van der Waals surface area contributed by atoms with Crippen LogP contribution in [0.5, 0.6) is 0 Å². The summed E-state index contributed by atoms with van der Waals surface area (Å²) in [5.41, 5.74) is 1.02. The van der Waals surface area contributed by atoms with Crippen LogP contribution in [-0.4, -0.2) is 39.8 Å². The fraction of sp³-hybridized carbons (Fsp3) is 0.455. The van der Waals surface area contributed by atoms with E-state index in [1.54, 1.807) is 13.3 Å². The predicted octanol–water partition coefficient (Wildman–Crippen LogP) is 0.390. The number of imidazole rings is 2. The van der Waals surface area contributed by atoms with Crippen molar-refractivity contribution in [1.29, 1.82) is 0 Å². The van der Waals surface area contributed by atoms with Crippen molar-refractivity contribution in [2.75, 3.05) is 20.3 Å². The maximum Gasteiger partial charge on any atom is 0.126 e. The molecule has 0 aromatic carbocycles. The Bertz CT molecular complexity index is 423. The van der Waals surface area contributed by atoms with Gasteiger partial charge in [-0.3, -0.25) is 0 Å². The quantitative estimate of drug-likeness (QED) is 0.681. The number of hydrogen-bond acceptors (Lipinski definition) is 4. The van der Waals surface area contributed by atoms with Gasteiger partial charge in [-0.2, -0.15) is 0 Å². The lowest BCUT2D eigenvalue weighted by Crippen LogP contribution is -2.18.